The number of amides is 1. The molecule has 0 spiro atoms. The van der Waals surface area contributed by atoms with Gasteiger partial charge < -0.3 is 20.3 Å². The van der Waals surface area contributed by atoms with E-state index in [1.54, 1.807) is 0 Å². The number of hydrogen-bond donors (Lipinski definition) is 2. The predicted octanol–water partition coefficient (Wildman–Crippen LogP) is 0.807. The first kappa shape index (κ1) is 19.9. The van der Waals surface area contributed by atoms with E-state index in [9.17, 15) is 4.79 Å². The van der Waals surface area contributed by atoms with Gasteiger partial charge in [-0.15, -0.1) is 24.8 Å². The van der Waals surface area contributed by atoms with Crippen LogP contribution >= 0.6 is 24.8 Å². The van der Waals surface area contributed by atoms with Crippen molar-refractivity contribution in [1.82, 2.24) is 15.5 Å². The van der Waals surface area contributed by atoms with E-state index in [0.29, 0.717) is 25.2 Å². The quantitative estimate of drug-likeness (QED) is 0.805. The summed E-state index contributed by atoms with van der Waals surface area (Å²) in [6, 6.07) is 0.902. The Morgan fingerprint density at radius 2 is 2.05 bits per heavy atom. The molecule has 0 aromatic carbocycles. The maximum Gasteiger partial charge on any atom is 0.250 e. The summed E-state index contributed by atoms with van der Waals surface area (Å²) in [5, 5.41) is 6.33. The fourth-order valence-corrected chi connectivity index (χ4v) is 2.79. The molecule has 3 atom stereocenters. The zero-order chi connectivity index (χ0) is 13.0. The highest BCUT2D eigenvalue weighted by Crippen LogP contribution is 2.21. The van der Waals surface area contributed by atoms with Crippen molar-refractivity contribution in [2.45, 2.75) is 43.9 Å². The maximum absolute atomic E-state index is 12.1. The fourth-order valence-electron chi connectivity index (χ4n) is 2.79. The lowest BCUT2D eigenvalue weighted by atomic mass is 9.90. The van der Waals surface area contributed by atoms with Gasteiger partial charge in [0.25, 0.3) is 5.91 Å². The second-order valence-corrected chi connectivity index (χ2v) is 5.55. The zero-order valence-corrected chi connectivity index (χ0v) is 13.9. The molecule has 120 valence electrons. The molecule has 1 amide bonds. The minimum Gasteiger partial charge on any atom is -0.366 e. The molecule has 0 bridgehead atoms. The van der Waals surface area contributed by atoms with Crippen molar-refractivity contribution in [1.29, 1.82) is 0 Å². The Morgan fingerprint density at radius 3 is 2.65 bits per heavy atom. The largest absolute Gasteiger partial charge is 0.366 e. The summed E-state index contributed by atoms with van der Waals surface area (Å²) in [4.78, 5) is 14.3. The lowest BCUT2D eigenvalue weighted by molar-refractivity contribution is -0.135. The molecule has 0 aromatic heterocycles. The molecule has 1 saturated carbocycles. The number of carbonyl (C=O) groups excluding carboxylic acids is 1. The molecular formula is C13H27Cl2N3O2. The van der Waals surface area contributed by atoms with Gasteiger partial charge in [-0.2, -0.15) is 0 Å². The number of carbonyl (C=O) groups is 1. The molecular weight excluding hydrogens is 301 g/mol. The summed E-state index contributed by atoms with van der Waals surface area (Å²) in [6.07, 6.45) is 4.27. The van der Waals surface area contributed by atoms with Gasteiger partial charge in [0, 0.05) is 25.2 Å². The van der Waals surface area contributed by atoms with Crippen LogP contribution in [0, 0.1) is 0 Å². The third-order valence-electron chi connectivity index (χ3n) is 3.94. The maximum atomic E-state index is 12.1. The molecule has 1 aliphatic carbocycles. The summed E-state index contributed by atoms with van der Waals surface area (Å²) in [5.74, 6) is 0.0478. The third-order valence-corrected chi connectivity index (χ3v) is 3.94. The second kappa shape index (κ2) is 9.79. The highest BCUT2D eigenvalue weighted by atomic mass is 35.5. The van der Waals surface area contributed by atoms with Gasteiger partial charge in [0.05, 0.1) is 6.61 Å². The van der Waals surface area contributed by atoms with Crippen LogP contribution < -0.4 is 10.6 Å². The Bertz CT molecular complexity index is 287. The van der Waals surface area contributed by atoms with Crippen molar-refractivity contribution >= 4 is 30.7 Å². The van der Waals surface area contributed by atoms with Gasteiger partial charge in [0.1, 0.15) is 6.10 Å². The van der Waals surface area contributed by atoms with Crippen molar-refractivity contribution in [3.63, 3.8) is 0 Å². The number of ether oxygens (including phenoxy) is 1. The molecule has 1 aliphatic heterocycles. The normalized spacial score (nSPS) is 30.1. The first-order valence-electron chi connectivity index (χ1n) is 6.96. The Hall–Kier alpha value is -0.0700. The first-order chi connectivity index (χ1) is 8.66. The number of nitrogens with zero attached hydrogens (tertiary/aromatic N) is 1. The van der Waals surface area contributed by atoms with E-state index < -0.39 is 0 Å². The van der Waals surface area contributed by atoms with Crippen LogP contribution in [0.15, 0.2) is 0 Å². The van der Waals surface area contributed by atoms with E-state index in [1.165, 1.54) is 12.8 Å². The summed E-state index contributed by atoms with van der Waals surface area (Å²) >= 11 is 0. The number of nitrogens with one attached hydrogen (secondary N) is 2. The monoisotopic (exact) mass is 327 g/mol. The number of hydrogen-bond acceptors (Lipinski definition) is 4. The fraction of sp³-hybridized carbons (Fsp3) is 0.923. The Balaban J connectivity index is 0.00000180. The van der Waals surface area contributed by atoms with Crippen molar-refractivity contribution < 1.29 is 9.53 Å². The van der Waals surface area contributed by atoms with E-state index >= 15 is 0 Å². The van der Waals surface area contributed by atoms with E-state index in [2.05, 4.69) is 29.6 Å². The molecule has 2 N–H and O–H groups in total. The van der Waals surface area contributed by atoms with Crippen molar-refractivity contribution in [2.75, 3.05) is 33.8 Å². The van der Waals surface area contributed by atoms with Crippen LogP contribution in [0.4, 0.5) is 0 Å². The molecule has 0 radical (unpaired) electrons. The highest BCUT2D eigenvalue weighted by Gasteiger charge is 2.28. The Kier molecular flexibility index (Phi) is 9.76. The zero-order valence-electron chi connectivity index (χ0n) is 12.3. The second-order valence-electron chi connectivity index (χ2n) is 5.55. The van der Waals surface area contributed by atoms with Gasteiger partial charge in [0.15, 0.2) is 0 Å². The van der Waals surface area contributed by atoms with Crippen LogP contribution in [0.25, 0.3) is 0 Å². The van der Waals surface area contributed by atoms with Gasteiger partial charge in [0.2, 0.25) is 0 Å². The average molecular weight is 328 g/mol. The van der Waals surface area contributed by atoms with Crippen molar-refractivity contribution in [2.24, 2.45) is 0 Å². The van der Waals surface area contributed by atoms with E-state index in [4.69, 9.17) is 4.74 Å². The minimum atomic E-state index is -0.307. The molecule has 3 unspecified atom stereocenters. The SMILES string of the molecule is CN(C)C1CCCC(NC(=O)C2CNCCO2)C1.Cl.Cl. The molecule has 1 heterocycles. The van der Waals surface area contributed by atoms with Gasteiger partial charge in [-0.3, -0.25) is 4.79 Å². The first-order valence-corrected chi connectivity index (χ1v) is 6.96. The smallest absolute Gasteiger partial charge is 0.250 e. The minimum absolute atomic E-state index is 0. The van der Waals surface area contributed by atoms with Gasteiger partial charge in [-0.25, -0.2) is 0 Å². The summed E-state index contributed by atoms with van der Waals surface area (Å²) in [7, 11) is 4.23. The van der Waals surface area contributed by atoms with Crippen LogP contribution in [0.3, 0.4) is 0 Å². The lowest BCUT2D eigenvalue weighted by Gasteiger charge is -2.34. The predicted molar refractivity (Wildman–Crippen MR) is 85.0 cm³/mol. The van der Waals surface area contributed by atoms with Gasteiger partial charge in [-0.1, -0.05) is 0 Å². The molecule has 2 aliphatic rings. The average Bonchev–Trinajstić information content (AvgIpc) is 2.40. The van der Waals surface area contributed by atoms with Crippen LogP contribution in [-0.4, -0.2) is 62.8 Å². The lowest BCUT2D eigenvalue weighted by Crippen LogP contribution is -2.52. The highest BCUT2D eigenvalue weighted by molar-refractivity contribution is 5.85. The molecule has 2 rings (SSSR count). The summed E-state index contributed by atoms with van der Waals surface area (Å²) in [5.41, 5.74) is 0. The molecule has 5 nitrogen and oxygen atoms in total. The molecule has 2 fully saturated rings. The Morgan fingerprint density at radius 1 is 1.30 bits per heavy atom. The standard InChI is InChI=1S/C13H25N3O2.2ClH/c1-16(2)11-5-3-4-10(8-11)15-13(17)12-9-14-6-7-18-12;;/h10-12,14H,3-9H2,1-2H3,(H,15,17);2*1H. The van der Waals surface area contributed by atoms with E-state index in [-0.39, 0.29) is 36.8 Å². The summed E-state index contributed by atoms with van der Waals surface area (Å²) < 4.78 is 5.47. The summed E-state index contributed by atoms with van der Waals surface area (Å²) in [6.45, 7) is 2.11. The van der Waals surface area contributed by atoms with Crippen LogP contribution in [-0.2, 0) is 9.53 Å². The van der Waals surface area contributed by atoms with Crippen molar-refractivity contribution in [3.8, 4) is 0 Å². The van der Waals surface area contributed by atoms with E-state index in [0.717, 1.165) is 19.4 Å². The number of halogens is 2. The molecule has 7 heteroatoms. The number of morpholine rings is 1. The van der Waals surface area contributed by atoms with E-state index in [1.807, 2.05) is 0 Å². The molecule has 1 saturated heterocycles. The van der Waals surface area contributed by atoms with Gasteiger partial charge >= 0.3 is 0 Å². The van der Waals surface area contributed by atoms with Crippen LogP contribution in [0.1, 0.15) is 25.7 Å². The Labute approximate surface area is 134 Å². The number of rotatable bonds is 3. The van der Waals surface area contributed by atoms with Crippen LogP contribution in [0.5, 0.6) is 0 Å². The third kappa shape index (κ3) is 5.74. The molecule has 20 heavy (non-hydrogen) atoms. The topological polar surface area (TPSA) is 53.6 Å². The van der Waals surface area contributed by atoms with Crippen molar-refractivity contribution in [3.05, 3.63) is 0 Å². The van der Waals surface area contributed by atoms with Gasteiger partial charge in [-0.05, 0) is 39.8 Å². The molecule has 0 aromatic rings. The van der Waals surface area contributed by atoms with Crippen LogP contribution in [0.2, 0.25) is 0 Å².